The summed E-state index contributed by atoms with van der Waals surface area (Å²) < 4.78 is 13.1. The number of amides is 1. The van der Waals surface area contributed by atoms with E-state index < -0.39 is 29.2 Å². The molecule has 2 aromatic carbocycles. The Morgan fingerprint density at radius 1 is 1.00 bits per heavy atom. The molecule has 7 heteroatoms. The van der Waals surface area contributed by atoms with Gasteiger partial charge in [0, 0.05) is 0 Å². The molecule has 0 aromatic heterocycles. The predicted molar refractivity (Wildman–Crippen MR) is 71.1 cm³/mol. The van der Waals surface area contributed by atoms with Crippen molar-refractivity contribution in [3.05, 3.63) is 53.3 Å². The van der Waals surface area contributed by atoms with Crippen molar-refractivity contribution in [2.24, 2.45) is 0 Å². The number of phenolic OH excluding ortho intramolecular Hbond substituents is 2. The fourth-order valence-corrected chi connectivity index (χ4v) is 1.65. The Morgan fingerprint density at radius 3 is 2.33 bits per heavy atom. The van der Waals surface area contributed by atoms with Gasteiger partial charge in [-0.25, -0.2) is 9.18 Å². The SMILES string of the molecule is O=C(O)c1ccc(NC(=O)c2cc(F)ccc2O)c(O)c1. The quantitative estimate of drug-likeness (QED) is 0.648. The van der Waals surface area contributed by atoms with Crippen molar-refractivity contribution in [2.45, 2.75) is 0 Å². The highest BCUT2D eigenvalue weighted by molar-refractivity contribution is 6.07. The smallest absolute Gasteiger partial charge is 0.335 e. The van der Waals surface area contributed by atoms with Crippen LogP contribution in [0.2, 0.25) is 0 Å². The lowest BCUT2D eigenvalue weighted by Crippen LogP contribution is -2.12. The van der Waals surface area contributed by atoms with E-state index >= 15 is 0 Å². The summed E-state index contributed by atoms with van der Waals surface area (Å²) in [6, 6.07) is 6.19. The largest absolute Gasteiger partial charge is 0.507 e. The molecule has 108 valence electrons. The zero-order valence-corrected chi connectivity index (χ0v) is 10.5. The van der Waals surface area contributed by atoms with Crippen LogP contribution in [0.1, 0.15) is 20.7 Å². The molecular formula is C14H10FNO5. The van der Waals surface area contributed by atoms with Gasteiger partial charge in [-0.15, -0.1) is 0 Å². The third-order valence-electron chi connectivity index (χ3n) is 2.70. The van der Waals surface area contributed by atoms with Gasteiger partial charge in [0.1, 0.15) is 17.3 Å². The number of carbonyl (C=O) groups excluding carboxylic acids is 1. The highest BCUT2D eigenvalue weighted by Crippen LogP contribution is 2.26. The third-order valence-corrected chi connectivity index (χ3v) is 2.70. The van der Waals surface area contributed by atoms with Gasteiger partial charge in [-0.1, -0.05) is 0 Å². The van der Waals surface area contributed by atoms with Crippen LogP contribution in [0.5, 0.6) is 11.5 Å². The van der Waals surface area contributed by atoms with Crippen LogP contribution in [0, 0.1) is 5.82 Å². The molecule has 0 aliphatic rings. The number of aromatic carboxylic acids is 1. The van der Waals surface area contributed by atoms with Gasteiger partial charge in [-0.2, -0.15) is 0 Å². The van der Waals surface area contributed by atoms with E-state index in [1.165, 1.54) is 12.1 Å². The molecule has 0 spiro atoms. The van der Waals surface area contributed by atoms with Gasteiger partial charge in [-0.05, 0) is 36.4 Å². The van der Waals surface area contributed by atoms with Crippen LogP contribution in [0.25, 0.3) is 0 Å². The van der Waals surface area contributed by atoms with Crippen LogP contribution in [0.3, 0.4) is 0 Å². The Bertz CT molecular complexity index is 729. The molecule has 0 bridgehead atoms. The van der Waals surface area contributed by atoms with Gasteiger partial charge < -0.3 is 20.6 Å². The molecule has 0 aliphatic heterocycles. The lowest BCUT2D eigenvalue weighted by molar-refractivity contribution is 0.0696. The highest BCUT2D eigenvalue weighted by Gasteiger charge is 2.15. The second-order valence-corrected chi connectivity index (χ2v) is 4.15. The van der Waals surface area contributed by atoms with Crippen molar-refractivity contribution < 1.29 is 29.3 Å². The summed E-state index contributed by atoms with van der Waals surface area (Å²) in [5.41, 5.74) is -0.524. The fourth-order valence-electron chi connectivity index (χ4n) is 1.65. The van der Waals surface area contributed by atoms with Gasteiger partial charge in [0.05, 0.1) is 16.8 Å². The minimum absolute atomic E-state index is 0.0614. The third kappa shape index (κ3) is 3.08. The molecule has 4 N–H and O–H groups in total. The highest BCUT2D eigenvalue weighted by atomic mass is 19.1. The van der Waals surface area contributed by atoms with E-state index in [-0.39, 0.29) is 16.8 Å². The minimum Gasteiger partial charge on any atom is -0.507 e. The van der Waals surface area contributed by atoms with Gasteiger partial charge in [0.15, 0.2) is 0 Å². The molecule has 2 aromatic rings. The monoisotopic (exact) mass is 291 g/mol. The zero-order chi connectivity index (χ0) is 15.6. The standard InChI is InChI=1S/C14H10FNO5/c15-8-2-4-11(17)9(6-8)13(19)16-10-3-1-7(14(20)21)5-12(10)18/h1-6,17-18H,(H,16,19)(H,20,21). The van der Waals surface area contributed by atoms with Crippen LogP contribution < -0.4 is 5.32 Å². The number of halogens is 1. The summed E-state index contributed by atoms with van der Waals surface area (Å²) >= 11 is 0. The number of carboxylic acid groups (broad SMARTS) is 1. The molecule has 0 fully saturated rings. The number of carboxylic acids is 1. The Hall–Kier alpha value is -3.09. The topological polar surface area (TPSA) is 107 Å². The molecule has 0 saturated heterocycles. The Kier molecular flexibility index (Phi) is 3.75. The van der Waals surface area contributed by atoms with E-state index in [0.717, 1.165) is 24.3 Å². The predicted octanol–water partition coefficient (Wildman–Crippen LogP) is 2.19. The van der Waals surface area contributed by atoms with Crippen LogP contribution in [-0.2, 0) is 0 Å². The molecule has 6 nitrogen and oxygen atoms in total. The number of aromatic hydroxyl groups is 2. The average Bonchev–Trinajstić information content (AvgIpc) is 2.43. The van der Waals surface area contributed by atoms with E-state index in [1.807, 2.05) is 0 Å². The van der Waals surface area contributed by atoms with E-state index in [1.54, 1.807) is 0 Å². The number of carbonyl (C=O) groups is 2. The summed E-state index contributed by atoms with van der Waals surface area (Å²) in [6.07, 6.45) is 0. The van der Waals surface area contributed by atoms with Crippen molar-refractivity contribution in [1.82, 2.24) is 0 Å². The van der Waals surface area contributed by atoms with Gasteiger partial charge in [0.2, 0.25) is 0 Å². The maximum absolute atomic E-state index is 13.1. The average molecular weight is 291 g/mol. The molecule has 21 heavy (non-hydrogen) atoms. The number of rotatable bonds is 3. The normalized spacial score (nSPS) is 10.1. The van der Waals surface area contributed by atoms with Gasteiger partial charge >= 0.3 is 5.97 Å². The number of hydrogen-bond donors (Lipinski definition) is 4. The van der Waals surface area contributed by atoms with E-state index in [9.17, 15) is 24.2 Å². The number of benzene rings is 2. The molecule has 2 rings (SSSR count). The summed E-state index contributed by atoms with van der Waals surface area (Å²) in [5, 5.41) is 30.2. The number of hydrogen-bond acceptors (Lipinski definition) is 4. The lowest BCUT2D eigenvalue weighted by atomic mass is 10.1. The van der Waals surface area contributed by atoms with Crippen molar-refractivity contribution >= 4 is 17.6 Å². The summed E-state index contributed by atoms with van der Waals surface area (Å²) in [4.78, 5) is 22.6. The lowest BCUT2D eigenvalue weighted by Gasteiger charge is -2.09. The number of nitrogens with one attached hydrogen (secondary N) is 1. The first-order valence-electron chi connectivity index (χ1n) is 5.74. The Balaban J connectivity index is 2.27. The number of phenols is 2. The maximum Gasteiger partial charge on any atom is 0.335 e. The second-order valence-electron chi connectivity index (χ2n) is 4.15. The van der Waals surface area contributed by atoms with Crippen LogP contribution in [-0.4, -0.2) is 27.2 Å². The van der Waals surface area contributed by atoms with E-state index in [0.29, 0.717) is 0 Å². The Morgan fingerprint density at radius 2 is 1.71 bits per heavy atom. The summed E-state index contributed by atoms with van der Waals surface area (Å²) in [5.74, 6) is -3.66. The first-order valence-corrected chi connectivity index (χ1v) is 5.74. The molecule has 0 saturated carbocycles. The first-order chi connectivity index (χ1) is 9.88. The molecule has 0 aliphatic carbocycles. The molecule has 0 unspecified atom stereocenters. The molecule has 0 radical (unpaired) electrons. The van der Waals surface area contributed by atoms with Crippen molar-refractivity contribution in [3.8, 4) is 11.5 Å². The van der Waals surface area contributed by atoms with Crippen molar-refractivity contribution in [1.29, 1.82) is 0 Å². The minimum atomic E-state index is -1.23. The van der Waals surface area contributed by atoms with Crippen LogP contribution in [0.4, 0.5) is 10.1 Å². The maximum atomic E-state index is 13.1. The van der Waals surface area contributed by atoms with Crippen molar-refractivity contribution in [3.63, 3.8) is 0 Å². The van der Waals surface area contributed by atoms with E-state index in [2.05, 4.69) is 5.32 Å². The fraction of sp³-hybridized carbons (Fsp3) is 0. The molecule has 1 amide bonds. The van der Waals surface area contributed by atoms with Crippen molar-refractivity contribution in [2.75, 3.05) is 5.32 Å². The van der Waals surface area contributed by atoms with Gasteiger partial charge in [-0.3, -0.25) is 4.79 Å². The first kappa shape index (κ1) is 14.3. The van der Waals surface area contributed by atoms with E-state index in [4.69, 9.17) is 5.11 Å². The number of anilines is 1. The molecule has 0 atom stereocenters. The Labute approximate surface area is 118 Å². The second kappa shape index (κ2) is 5.49. The zero-order valence-electron chi connectivity index (χ0n) is 10.5. The van der Waals surface area contributed by atoms with Crippen LogP contribution >= 0.6 is 0 Å². The summed E-state index contributed by atoms with van der Waals surface area (Å²) in [6.45, 7) is 0. The van der Waals surface area contributed by atoms with Crippen LogP contribution in [0.15, 0.2) is 36.4 Å². The molecular weight excluding hydrogens is 281 g/mol. The molecule has 0 heterocycles. The van der Waals surface area contributed by atoms with Gasteiger partial charge in [0.25, 0.3) is 5.91 Å². The summed E-state index contributed by atoms with van der Waals surface area (Å²) in [7, 11) is 0.